The van der Waals surface area contributed by atoms with Gasteiger partial charge in [0.1, 0.15) is 12.3 Å². The average Bonchev–Trinajstić information content (AvgIpc) is 2.35. The lowest BCUT2D eigenvalue weighted by Crippen LogP contribution is -2.54. The van der Waals surface area contributed by atoms with Crippen molar-refractivity contribution < 1.29 is 23.8 Å². The lowest BCUT2D eigenvalue weighted by molar-refractivity contribution is -0.155. The Morgan fingerprint density at radius 2 is 1.81 bits per heavy atom. The van der Waals surface area contributed by atoms with Crippen LogP contribution in [-0.4, -0.2) is 50.6 Å². The van der Waals surface area contributed by atoms with Crippen molar-refractivity contribution in [2.75, 3.05) is 21.3 Å². The molecule has 0 bridgehead atoms. The van der Waals surface area contributed by atoms with E-state index in [1.165, 1.54) is 26.2 Å². The largest absolute Gasteiger partial charge is 0.467 e. The molecular formula is C10H17NO5. The fourth-order valence-electron chi connectivity index (χ4n) is 1.91. The zero-order valence-electron chi connectivity index (χ0n) is 9.76. The molecule has 0 unspecified atom stereocenters. The number of ether oxygens (including phenoxy) is 3. The zero-order valence-corrected chi connectivity index (χ0v) is 9.76. The highest BCUT2D eigenvalue weighted by molar-refractivity contribution is 5.81. The maximum atomic E-state index is 11.6. The van der Waals surface area contributed by atoms with Gasteiger partial charge in [0, 0.05) is 7.11 Å². The van der Waals surface area contributed by atoms with E-state index in [9.17, 15) is 9.59 Å². The molecule has 0 aromatic heterocycles. The molecular weight excluding hydrogens is 214 g/mol. The third-order valence-electron chi connectivity index (χ3n) is 2.71. The van der Waals surface area contributed by atoms with E-state index in [4.69, 9.17) is 4.74 Å². The molecule has 6 heteroatoms. The van der Waals surface area contributed by atoms with Crippen LogP contribution in [0.4, 0.5) is 4.79 Å². The Kier molecular flexibility index (Phi) is 4.54. The van der Waals surface area contributed by atoms with E-state index in [1.807, 2.05) is 0 Å². The van der Waals surface area contributed by atoms with Crippen LogP contribution in [0.5, 0.6) is 0 Å². The van der Waals surface area contributed by atoms with Crippen LogP contribution >= 0.6 is 0 Å². The number of esters is 1. The number of carbonyl (C=O) groups excluding carboxylic acids is 2. The highest BCUT2D eigenvalue weighted by Crippen LogP contribution is 2.24. The summed E-state index contributed by atoms with van der Waals surface area (Å²) in [5.41, 5.74) is 0. The molecule has 0 aromatic rings. The van der Waals surface area contributed by atoms with Crippen molar-refractivity contribution in [1.29, 1.82) is 0 Å². The molecule has 1 aliphatic heterocycles. The average molecular weight is 231 g/mol. The first-order valence-electron chi connectivity index (χ1n) is 5.12. The lowest BCUT2D eigenvalue weighted by Gasteiger charge is -2.38. The summed E-state index contributed by atoms with van der Waals surface area (Å²) < 4.78 is 14.5. The molecule has 92 valence electrons. The number of piperidine rings is 1. The number of hydrogen-bond acceptors (Lipinski definition) is 5. The monoisotopic (exact) mass is 231 g/mol. The SMILES string of the molecule is COC(=O)[C@@H]1CCC[C@H](OC)N1C(=O)OC. The van der Waals surface area contributed by atoms with Gasteiger partial charge in [0.2, 0.25) is 0 Å². The maximum absolute atomic E-state index is 11.6. The first-order chi connectivity index (χ1) is 7.65. The van der Waals surface area contributed by atoms with E-state index in [0.717, 1.165) is 6.42 Å². The highest BCUT2D eigenvalue weighted by atomic mass is 16.6. The molecule has 0 spiro atoms. The lowest BCUT2D eigenvalue weighted by atomic mass is 10.0. The Balaban J connectivity index is 2.87. The second kappa shape index (κ2) is 5.69. The van der Waals surface area contributed by atoms with E-state index < -0.39 is 24.3 Å². The summed E-state index contributed by atoms with van der Waals surface area (Å²) in [7, 11) is 4.08. The Hall–Kier alpha value is -1.30. The second-order valence-corrected chi connectivity index (χ2v) is 3.54. The molecule has 0 aliphatic carbocycles. The van der Waals surface area contributed by atoms with Crippen LogP contribution in [0.1, 0.15) is 19.3 Å². The molecule has 6 nitrogen and oxygen atoms in total. The third kappa shape index (κ3) is 2.44. The number of amides is 1. The third-order valence-corrected chi connectivity index (χ3v) is 2.71. The molecule has 1 aliphatic rings. The van der Waals surface area contributed by atoms with Crippen molar-refractivity contribution in [3.8, 4) is 0 Å². The van der Waals surface area contributed by atoms with Crippen LogP contribution in [0.3, 0.4) is 0 Å². The molecule has 0 N–H and O–H groups in total. The molecule has 1 saturated heterocycles. The van der Waals surface area contributed by atoms with Crippen LogP contribution in [0.25, 0.3) is 0 Å². The Morgan fingerprint density at radius 3 is 2.31 bits per heavy atom. The first kappa shape index (κ1) is 12.8. The number of hydrogen-bond donors (Lipinski definition) is 0. The molecule has 1 amide bonds. The van der Waals surface area contributed by atoms with Gasteiger partial charge in [0.15, 0.2) is 0 Å². The van der Waals surface area contributed by atoms with E-state index in [0.29, 0.717) is 12.8 Å². The van der Waals surface area contributed by atoms with Crippen molar-refractivity contribution in [2.24, 2.45) is 0 Å². The molecule has 16 heavy (non-hydrogen) atoms. The number of methoxy groups -OCH3 is 3. The Bertz CT molecular complexity index is 268. The van der Waals surface area contributed by atoms with E-state index in [1.54, 1.807) is 0 Å². The molecule has 2 atom stereocenters. The van der Waals surface area contributed by atoms with Gasteiger partial charge in [0.25, 0.3) is 0 Å². The van der Waals surface area contributed by atoms with Gasteiger partial charge < -0.3 is 14.2 Å². The number of rotatable bonds is 2. The number of likely N-dealkylation sites (tertiary alicyclic amines) is 1. The summed E-state index contributed by atoms with van der Waals surface area (Å²) in [6.45, 7) is 0. The summed E-state index contributed by atoms with van der Waals surface area (Å²) >= 11 is 0. The van der Waals surface area contributed by atoms with Gasteiger partial charge in [-0.2, -0.15) is 0 Å². The summed E-state index contributed by atoms with van der Waals surface area (Å²) in [5, 5.41) is 0. The Labute approximate surface area is 94.4 Å². The minimum absolute atomic E-state index is 0.426. The number of nitrogens with zero attached hydrogens (tertiary/aromatic N) is 1. The minimum atomic E-state index is -0.615. The van der Waals surface area contributed by atoms with E-state index >= 15 is 0 Å². The molecule has 1 heterocycles. The van der Waals surface area contributed by atoms with Crippen molar-refractivity contribution in [3.05, 3.63) is 0 Å². The fraction of sp³-hybridized carbons (Fsp3) is 0.800. The van der Waals surface area contributed by atoms with Gasteiger partial charge in [-0.05, 0) is 19.3 Å². The maximum Gasteiger partial charge on any atom is 0.412 e. The molecule has 0 aromatic carbocycles. The zero-order chi connectivity index (χ0) is 12.1. The Morgan fingerprint density at radius 1 is 1.12 bits per heavy atom. The number of carbonyl (C=O) groups is 2. The van der Waals surface area contributed by atoms with Crippen LogP contribution < -0.4 is 0 Å². The van der Waals surface area contributed by atoms with Crippen molar-refractivity contribution in [1.82, 2.24) is 4.90 Å². The van der Waals surface area contributed by atoms with E-state index in [2.05, 4.69) is 9.47 Å². The fourth-order valence-corrected chi connectivity index (χ4v) is 1.91. The standard InChI is InChI=1S/C10H17NO5/c1-14-8-6-4-5-7(9(12)15-2)11(8)10(13)16-3/h7-8H,4-6H2,1-3H3/t7-,8-/m0/s1. The van der Waals surface area contributed by atoms with Crippen molar-refractivity contribution >= 4 is 12.1 Å². The quantitative estimate of drug-likeness (QED) is 0.656. The summed E-state index contributed by atoms with van der Waals surface area (Å²) in [4.78, 5) is 24.4. The van der Waals surface area contributed by atoms with Gasteiger partial charge in [-0.15, -0.1) is 0 Å². The summed E-state index contributed by atoms with van der Waals surface area (Å²) in [5.74, 6) is -0.438. The van der Waals surface area contributed by atoms with Crippen LogP contribution in [0.2, 0.25) is 0 Å². The smallest absolute Gasteiger partial charge is 0.412 e. The van der Waals surface area contributed by atoms with Gasteiger partial charge >= 0.3 is 12.1 Å². The highest BCUT2D eigenvalue weighted by Gasteiger charge is 2.39. The molecule has 0 radical (unpaired) electrons. The predicted octanol–water partition coefficient (Wildman–Crippen LogP) is 0.753. The molecule has 1 fully saturated rings. The second-order valence-electron chi connectivity index (χ2n) is 3.54. The summed E-state index contributed by atoms with van der Waals surface area (Å²) in [6.07, 6.45) is 1.08. The predicted molar refractivity (Wildman–Crippen MR) is 54.7 cm³/mol. The van der Waals surface area contributed by atoms with Crippen LogP contribution in [-0.2, 0) is 19.0 Å². The van der Waals surface area contributed by atoms with Crippen molar-refractivity contribution in [3.63, 3.8) is 0 Å². The van der Waals surface area contributed by atoms with Gasteiger partial charge in [-0.1, -0.05) is 0 Å². The summed E-state index contributed by atoms with van der Waals surface area (Å²) in [6, 6.07) is -0.615. The topological polar surface area (TPSA) is 65.1 Å². The first-order valence-corrected chi connectivity index (χ1v) is 5.12. The van der Waals surface area contributed by atoms with Crippen LogP contribution in [0, 0.1) is 0 Å². The van der Waals surface area contributed by atoms with Gasteiger partial charge in [-0.3, -0.25) is 4.90 Å². The molecule has 1 rings (SSSR count). The minimum Gasteiger partial charge on any atom is -0.467 e. The van der Waals surface area contributed by atoms with E-state index in [-0.39, 0.29) is 0 Å². The molecule has 0 saturated carbocycles. The van der Waals surface area contributed by atoms with Gasteiger partial charge in [0.05, 0.1) is 14.2 Å². The van der Waals surface area contributed by atoms with Gasteiger partial charge in [-0.25, -0.2) is 9.59 Å². The van der Waals surface area contributed by atoms with Crippen molar-refractivity contribution in [2.45, 2.75) is 31.5 Å². The van der Waals surface area contributed by atoms with Crippen LogP contribution in [0.15, 0.2) is 0 Å². The normalized spacial score (nSPS) is 25.1.